The number of thiazole rings is 1. The van der Waals surface area contributed by atoms with Crippen molar-refractivity contribution in [2.45, 2.75) is 39.3 Å². The lowest BCUT2D eigenvalue weighted by Gasteiger charge is -2.28. The summed E-state index contributed by atoms with van der Waals surface area (Å²) in [4.78, 5) is 19.4. The zero-order valence-electron chi connectivity index (χ0n) is 14.8. The molecule has 1 unspecified atom stereocenters. The summed E-state index contributed by atoms with van der Waals surface area (Å²) in [7, 11) is 0. The van der Waals surface area contributed by atoms with Gasteiger partial charge >= 0.3 is 0 Å². The Balaban J connectivity index is 1.69. The maximum absolute atomic E-state index is 13.0. The molecule has 134 valence electrons. The van der Waals surface area contributed by atoms with Crippen molar-refractivity contribution in [2.24, 2.45) is 0 Å². The summed E-state index contributed by atoms with van der Waals surface area (Å²) in [5.41, 5.74) is 1.61. The van der Waals surface area contributed by atoms with Crippen LogP contribution in [0.25, 0.3) is 0 Å². The second-order valence-electron chi connectivity index (χ2n) is 6.32. The van der Waals surface area contributed by atoms with Crippen molar-refractivity contribution in [3.8, 4) is 5.75 Å². The number of nitrogens with zero attached hydrogens (tertiary/aromatic N) is 2. The Hall–Kier alpha value is -1.92. The average Bonchev–Trinajstić information content (AvgIpc) is 3.29. The molecular weight excluding hydrogens is 334 g/mol. The maximum atomic E-state index is 13.0. The van der Waals surface area contributed by atoms with Crippen molar-refractivity contribution in [3.63, 3.8) is 0 Å². The quantitative estimate of drug-likeness (QED) is 0.824. The SMILES string of the molecule is CCCN(C(=O)c1cccc(OCc2csc(C)n2)c1)C1CCNC1. The zero-order valence-corrected chi connectivity index (χ0v) is 15.6. The largest absolute Gasteiger partial charge is 0.487 e. The van der Waals surface area contributed by atoms with Gasteiger partial charge in [0, 0.05) is 30.1 Å². The topological polar surface area (TPSA) is 54.5 Å². The first-order valence-electron chi connectivity index (χ1n) is 8.83. The Bertz CT molecular complexity index is 710. The fourth-order valence-corrected chi connectivity index (χ4v) is 3.71. The Morgan fingerprint density at radius 3 is 3.04 bits per heavy atom. The normalized spacial score (nSPS) is 16.8. The molecule has 1 atom stereocenters. The van der Waals surface area contributed by atoms with Crippen LogP contribution in [0.5, 0.6) is 5.75 Å². The van der Waals surface area contributed by atoms with E-state index in [0.717, 1.165) is 43.2 Å². The average molecular weight is 359 g/mol. The highest BCUT2D eigenvalue weighted by Gasteiger charge is 2.26. The Morgan fingerprint density at radius 2 is 2.36 bits per heavy atom. The number of carbonyl (C=O) groups excluding carboxylic acids is 1. The Morgan fingerprint density at radius 1 is 1.48 bits per heavy atom. The second-order valence-corrected chi connectivity index (χ2v) is 7.38. The van der Waals surface area contributed by atoms with E-state index < -0.39 is 0 Å². The first kappa shape index (κ1) is 17.9. The standard InChI is InChI=1S/C19H25N3O2S/c1-3-9-22(17-7-8-20-11-17)19(23)15-5-4-6-18(10-15)24-12-16-13-25-14(2)21-16/h4-6,10,13,17,20H,3,7-9,11-12H2,1-2H3. The van der Waals surface area contributed by atoms with Gasteiger partial charge in [0.05, 0.1) is 10.7 Å². The first-order valence-corrected chi connectivity index (χ1v) is 9.71. The van der Waals surface area contributed by atoms with Gasteiger partial charge in [-0.25, -0.2) is 4.98 Å². The number of rotatable bonds is 7. The first-order chi connectivity index (χ1) is 12.2. The van der Waals surface area contributed by atoms with Crippen molar-refractivity contribution in [1.82, 2.24) is 15.2 Å². The van der Waals surface area contributed by atoms with E-state index in [1.165, 1.54) is 0 Å². The van der Waals surface area contributed by atoms with E-state index in [9.17, 15) is 4.79 Å². The summed E-state index contributed by atoms with van der Waals surface area (Å²) in [5.74, 6) is 0.794. The van der Waals surface area contributed by atoms with Crippen LogP contribution in [0.1, 0.15) is 40.8 Å². The van der Waals surface area contributed by atoms with E-state index in [2.05, 4.69) is 17.2 Å². The number of ether oxygens (including phenoxy) is 1. The van der Waals surface area contributed by atoms with Crippen molar-refractivity contribution >= 4 is 17.2 Å². The van der Waals surface area contributed by atoms with Crippen LogP contribution in [-0.4, -0.2) is 41.5 Å². The number of nitrogens with one attached hydrogen (secondary N) is 1. The second kappa shape index (κ2) is 8.45. The third kappa shape index (κ3) is 4.58. The van der Waals surface area contributed by atoms with Crippen LogP contribution >= 0.6 is 11.3 Å². The van der Waals surface area contributed by atoms with E-state index in [0.29, 0.717) is 17.9 Å². The number of benzene rings is 1. The van der Waals surface area contributed by atoms with Crippen molar-refractivity contribution in [1.29, 1.82) is 0 Å². The molecule has 25 heavy (non-hydrogen) atoms. The fraction of sp³-hybridized carbons (Fsp3) is 0.474. The van der Waals surface area contributed by atoms with E-state index in [4.69, 9.17) is 4.74 Å². The number of hydrogen-bond donors (Lipinski definition) is 1. The van der Waals surface area contributed by atoms with Gasteiger partial charge in [-0.2, -0.15) is 0 Å². The highest BCUT2D eigenvalue weighted by atomic mass is 32.1. The van der Waals surface area contributed by atoms with Gasteiger partial charge in [-0.1, -0.05) is 13.0 Å². The van der Waals surface area contributed by atoms with Crippen molar-refractivity contribution in [2.75, 3.05) is 19.6 Å². The molecule has 1 N–H and O–H groups in total. The highest BCUT2D eigenvalue weighted by molar-refractivity contribution is 7.09. The fourth-order valence-electron chi connectivity index (χ4n) is 3.11. The number of hydrogen-bond acceptors (Lipinski definition) is 5. The molecule has 0 radical (unpaired) electrons. The summed E-state index contributed by atoms with van der Waals surface area (Å²) in [5, 5.41) is 6.38. The third-order valence-electron chi connectivity index (χ3n) is 4.33. The number of aromatic nitrogens is 1. The van der Waals surface area contributed by atoms with Gasteiger partial charge in [0.1, 0.15) is 12.4 Å². The molecule has 0 spiro atoms. The molecule has 0 bridgehead atoms. The molecule has 1 saturated heterocycles. The number of aryl methyl sites for hydroxylation is 1. The minimum atomic E-state index is 0.0884. The number of amides is 1. The van der Waals surface area contributed by atoms with Gasteiger partial charge < -0.3 is 15.0 Å². The summed E-state index contributed by atoms with van der Waals surface area (Å²) in [6, 6.07) is 7.76. The van der Waals surface area contributed by atoms with Gasteiger partial charge in [0.15, 0.2) is 0 Å². The molecule has 2 aromatic rings. The van der Waals surface area contributed by atoms with Crippen LogP contribution in [0.15, 0.2) is 29.6 Å². The van der Waals surface area contributed by atoms with Crippen LogP contribution in [0, 0.1) is 6.92 Å². The van der Waals surface area contributed by atoms with Gasteiger partial charge in [0.2, 0.25) is 0 Å². The van der Waals surface area contributed by atoms with Crippen LogP contribution in [0.2, 0.25) is 0 Å². The smallest absolute Gasteiger partial charge is 0.254 e. The summed E-state index contributed by atoms with van der Waals surface area (Å²) in [6.45, 7) is 7.16. The molecule has 1 aromatic heterocycles. The molecule has 0 aliphatic carbocycles. The van der Waals surface area contributed by atoms with E-state index in [1.54, 1.807) is 11.3 Å². The molecule has 6 heteroatoms. The van der Waals surface area contributed by atoms with Gasteiger partial charge in [-0.05, 0) is 44.5 Å². The molecule has 1 fully saturated rings. The molecule has 3 rings (SSSR count). The summed E-state index contributed by atoms with van der Waals surface area (Å²) in [6.07, 6.45) is 1.98. The zero-order chi connectivity index (χ0) is 17.6. The molecule has 2 heterocycles. The van der Waals surface area contributed by atoms with E-state index in [-0.39, 0.29) is 11.9 Å². The monoisotopic (exact) mass is 359 g/mol. The van der Waals surface area contributed by atoms with Gasteiger partial charge in [-0.15, -0.1) is 11.3 Å². The summed E-state index contributed by atoms with van der Waals surface area (Å²) >= 11 is 1.61. The molecular formula is C19H25N3O2S. The third-order valence-corrected chi connectivity index (χ3v) is 5.16. The molecule has 1 aromatic carbocycles. The lowest BCUT2D eigenvalue weighted by atomic mass is 10.1. The molecule has 1 amide bonds. The predicted octanol–water partition coefficient (Wildman–Crippen LogP) is 3.24. The number of carbonyl (C=O) groups is 1. The predicted molar refractivity (Wildman–Crippen MR) is 100 cm³/mol. The Kier molecular flexibility index (Phi) is 6.04. The molecule has 1 aliphatic rings. The van der Waals surface area contributed by atoms with Crippen LogP contribution in [0.4, 0.5) is 0 Å². The highest BCUT2D eigenvalue weighted by Crippen LogP contribution is 2.20. The molecule has 0 saturated carbocycles. The Labute approximate surface area is 153 Å². The van der Waals surface area contributed by atoms with Crippen LogP contribution < -0.4 is 10.1 Å². The summed E-state index contributed by atoms with van der Waals surface area (Å²) < 4.78 is 5.82. The van der Waals surface area contributed by atoms with Crippen LogP contribution in [-0.2, 0) is 6.61 Å². The maximum Gasteiger partial charge on any atom is 0.254 e. The minimum Gasteiger partial charge on any atom is -0.487 e. The van der Waals surface area contributed by atoms with Crippen LogP contribution in [0.3, 0.4) is 0 Å². The minimum absolute atomic E-state index is 0.0884. The van der Waals surface area contributed by atoms with Gasteiger partial charge in [-0.3, -0.25) is 4.79 Å². The molecule has 5 nitrogen and oxygen atoms in total. The lowest BCUT2D eigenvalue weighted by Crippen LogP contribution is -2.42. The van der Waals surface area contributed by atoms with E-state index in [1.807, 2.05) is 41.5 Å². The van der Waals surface area contributed by atoms with Crippen molar-refractivity contribution < 1.29 is 9.53 Å². The van der Waals surface area contributed by atoms with E-state index >= 15 is 0 Å². The molecule has 1 aliphatic heterocycles. The lowest BCUT2D eigenvalue weighted by molar-refractivity contribution is 0.0691. The van der Waals surface area contributed by atoms with Gasteiger partial charge in [0.25, 0.3) is 5.91 Å². The van der Waals surface area contributed by atoms with Crippen molar-refractivity contribution in [3.05, 3.63) is 45.9 Å².